The normalized spacial score (nSPS) is 29.6. The quantitative estimate of drug-likeness (QED) is 0.839. The predicted octanol–water partition coefficient (Wildman–Crippen LogP) is 2.19. The van der Waals surface area contributed by atoms with Gasteiger partial charge in [0.15, 0.2) is 0 Å². The van der Waals surface area contributed by atoms with Gasteiger partial charge < -0.3 is 15.5 Å². The van der Waals surface area contributed by atoms with Crippen molar-refractivity contribution in [2.75, 3.05) is 6.54 Å². The number of hydrogen-bond acceptors (Lipinski definition) is 4. The second-order valence-electron chi connectivity index (χ2n) is 8.30. The van der Waals surface area contributed by atoms with Crippen LogP contribution in [0.3, 0.4) is 0 Å². The highest BCUT2D eigenvalue weighted by molar-refractivity contribution is 5.95. The number of nitrogens with two attached hydrogens (primary N) is 1. The molecule has 154 valence electrons. The van der Waals surface area contributed by atoms with Gasteiger partial charge in [-0.05, 0) is 62.6 Å². The van der Waals surface area contributed by atoms with E-state index in [4.69, 9.17) is 5.73 Å². The molecule has 8 heteroatoms. The first-order valence-corrected chi connectivity index (χ1v) is 10.1. The predicted molar refractivity (Wildman–Crippen MR) is 100 cm³/mol. The molecule has 0 aromatic heterocycles. The highest BCUT2D eigenvalue weighted by atomic mass is 19.1. The van der Waals surface area contributed by atoms with Gasteiger partial charge in [-0.15, -0.1) is 0 Å². The zero-order valence-electron chi connectivity index (χ0n) is 16.1. The van der Waals surface area contributed by atoms with Crippen LogP contribution in [0.5, 0.6) is 0 Å². The Kier molecular flexibility index (Phi) is 5.26. The van der Waals surface area contributed by atoms with Crippen LogP contribution in [0.1, 0.15) is 48.9 Å². The Morgan fingerprint density at radius 1 is 1.17 bits per heavy atom. The van der Waals surface area contributed by atoms with Crippen LogP contribution in [0, 0.1) is 28.9 Å². The molecule has 3 heterocycles. The Balaban J connectivity index is 1.48. The second-order valence-corrected chi connectivity index (χ2v) is 8.30. The molecule has 2 N–H and O–H groups in total. The maximum Gasteiger partial charge on any atom is 0.257 e. The zero-order chi connectivity index (χ0) is 20.7. The maximum absolute atomic E-state index is 14.1. The van der Waals surface area contributed by atoms with Crippen molar-refractivity contribution in [3.05, 3.63) is 35.4 Å². The van der Waals surface area contributed by atoms with Gasteiger partial charge in [0.25, 0.3) is 5.91 Å². The van der Waals surface area contributed by atoms with E-state index in [0.717, 1.165) is 37.5 Å². The molecule has 3 saturated heterocycles. The maximum atomic E-state index is 14.1. The van der Waals surface area contributed by atoms with Crippen molar-refractivity contribution in [2.24, 2.45) is 11.7 Å². The molecule has 1 aromatic carbocycles. The topological polar surface area (TPSA) is 90.4 Å². The molecule has 0 spiro atoms. The molecule has 0 aliphatic carbocycles. The summed E-state index contributed by atoms with van der Waals surface area (Å²) < 4.78 is 27.6. The van der Waals surface area contributed by atoms with E-state index in [0.29, 0.717) is 25.8 Å². The Morgan fingerprint density at radius 3 is 2.52 bits per heavy atom. The van der Waals surface area contributed by atoms with E-state index >= 15 is 0 Å². The fourth-order valence-corrected chi connectivity index (χ4v) is 5.20. The van der Waals surface area contributed by atoms with Crippen LogP contribution >= 0.6 is 0 Å². The third-order valence-corrected chi connectivity index (χ3v) is 6.64. The number of fused-ring (bicyclic) bond motifs is 2. The third kappa shape index (κ3) is 3.48. The number of carbonyl (C=O) groups excluding carboxylic acids is 2. The van der Waals surface area contributed by atoms with Crippen molar-refractivity contribution in [1.29, 1.82) is 5.26 Å². The van der Waals surface area contributed by atoms with Crippen LogP contribution in [0.2, 0.25) is 0 Å². The first kappa shape index (κ1) is 19.8. The lowest BCUT2D eigenvalue weighted by Gasteiger charge is -2.41. The number of piperidine rings is 1. The molecule has 0 radical (unpaired) electrons. The summed E-state index contributed by atoms with van der Waals surface area (Å²) in [4.78, 5) is 29.0. The van der Waals surface area contributed by atoms with Crippen LogP contribution in [0.4, 0.5) is 8.78 Å². The fraction of sp³-hybridized carbons (Fsp3) is 0.571. The van der Waals surface area contributed by atoms with Gasteiger partial charge in [0, 0.05) is 18.6 Å². The molecule has 3 aliphatic rings. The lowest BCUT2D eigenvalue weighted by molar-refractivity contribution is -0.134. The minimum atomic E-state index is -0.735. The number of amides is 2. The van der Waals surface area contributed by atoms with E-state index in [1.165, 1.54) is 0 Å². The van der Waals surface area contributed by atoms with Gasteiger partial charge >= 0.3 is 0 Å². The molecule has 4 unspecified atom stereocenters. The average molecular weight is 402 g/mol. The van der Waals surface area contributed by atoms with Crippen molar-refractivity contribution in [1.82, 2.24) is 9.80 Å². The summed E-state index contributed by atoms with van der Waals surface area (Å²) in [5.41, 5.74) is 6.05. The number of hydrogen-bond donors (Lipinski definition) is 1. The van der Waals surface area contributed by atoms with Gasteiger partial charge in [-0.1, -0.05) is 0 Å². The molecule has 0 saturated carbocycles. The SMILES string of the molecule is N#CC1CCCN1C(=O)C(N)C1CC2CCC(C1)N2C(=O)c1cc(F)ccc1F. The number of nitrogens with zero attached hydrogens (tertiary/aromatic N) is 3. The van der Waals surface area contributed by atoms with Crippen molar-refractivity contribution >= 4 is 11.8 Å². The number of likely N-dealkylation sites (tertiary alicyclic amines) is 1. The summed E-state index contributed by atoms with van der Waals surface area (Å²) in [5, 5.41) is 9.23. The lowest BCUT2D eigenvalue weighted by Crippen LogP contribution is -2.55. The first-order chi connectivity index (χ1) is 13.9. The third-order valence-electron chi connectivity index (χ3n) is 6.64. The summed E-state index contributed by atoms with van der Waals surface area (Å²) in [6.45, 7) is 0.549. The lowest BCUT2D eigenvalue weighted by atomic mass is 9.84. The van der Waals surface area contributed by atoms with E-state index < -0.39 is 29.6 Å². The fourth-order valence-electron chi connectivity index (χ4n) is 5.20. The van der Waals surface area contributed by atoms with Crippen molar-refractivity contribution in [3.63, 3.8) is 0 Å². The molecular weight excluding hydrogens is 378 g/mol. The van der Waals surface area contributed by atoms with Crippen LogP contribution < -0.4 is 5.73 Å². The molecule has 3 fully saturated rings. The van der Waals surface area contributed by atoms with Gasteiger partial charge in [0.05, 0.1) is 17.7 Å². The molecule has 4 atom stereocenters. The minimum absolute atomic E-state index is 0.0960. The summed E-state index contributed by atoms with van der Waals surface area (Å²) in [6, 6.07) is 3.65. The summed E-state index contributed by atoms with van der Waals surface area (Å²) in [6.07, 6.45) is 4.10. The Morgan fingerprint density at radius 2 is 1.86 bits per heavy atom. The number of carbonyl (C=O) groups is 2. The molecule has 3 aliphatic heterocycles. The Labute approximate surface area is 168 Å². The van der Waals surface area contributed by atoms with Gasteiger partial charge in [0.1, 0.15) is 17.7 Å². The van der Waals surface area contributed by atoms with Gasteiger partial charge in [-0.2, -0.15) is 5.26 Å². The second kappa shape index (κ2) is 7.71. The van der Waals surface area contributed by atoms with Gasteiger partial charge in [0.2, 0.25) is 5.91 Å². The summed E-state index contributed by atoms with van der Waals surface area (Å²) in [5.74, 6) is -2.18. The van der Waals surface area contributed by atoms with Crippen LogP contribution in [-0.4, -0.2) is 52.3 Å². The van der Waals surface area contributed by atoms with E-state index in [-0.39, 0.29) is 29.5 Å². The van der Waals surface area contributed by atoms with Crippen LogP contribution in [0.25, 0.3) is 0 Å². The molecule has 6 nitrogen and oxygen atoms in total. The molecular formula is C21H24F2N4O2. The molecule has 1 aromatic rings. The van der Waals surface area contributed by atoms with Crippen molar-refractivity contribution in [2.45, 2.75) is 62.7 Å². The monoisotopic (exact) mass is 402 g/mol. The number of benzene rings is 1. The highest BCUT2D eigenvalue weighted by Gasteiger charge is 2.47. The van der Waals surface area contributed by atoms with E-state index in [9.17, 15) is 23.6 Å². The largest absolute Gasteiger partial charge is 0.333 e. The molecule has 29 heavy (non-hydrogen) atoms. The average Bonchev–Trinajstić information content (AvgIpc) is 3.30. The van der Waals surface area contributed by atoms with Gasteiger partial charge in [-0.25, -0.2) is 8.78 Å². The molecule has 2 amide bonds. The van der Waals surface area contributed by atoms with Crippen molar-refractivity contribution in [3.8, 4) is 6.07 Å². The van der Waals surface area contributed by atoms with Crippen LogP contribution in [0.15, 0.2) is 18.2 Å². The smallest absolute Gasteiger partial charge is 0.257 e. The summed E-state index contributed by atoms with van der Waals surface area (Å²) in [7, 11) is 0. The summed E-state index contributed by atoms with van der Waals surface area (Å²) >= 11 is 0. The number of rotatable bonds is 3. The molecule has 4 rings (SSSR count). The zero-order valence-corrected chi connectivity index (χ0v) is 16.1. The molecule has 2 bridgehead atoms. The highest BCUT2D eigenvalue weighted by Crippen LogP contribution is 2.41. The number of halogens is 2. The van der Waals surface area contributed by atoms with Gasteiger partial charge in [-0.3, -0.25) is 9.59 Å². The van der Waals surface area contributed by atoms with Crippen LogP contribution in [-0.2, 0) is 4.79 Å². The van der Waals surface area contributed by atoms with E-state index in [2.05, 4.69) is 6.07 Å². The minimum Gasteiger partial charge on any atom is -0.333 e. The Bertz CT molecular complexity index is 857. The standard InChI is InChI=1S/C21H24F2N4O2/c22-13-3-6-18(23)17(10-13)20(28)27-14-4-5-15(27)9-12(8-14)19(25)21(29)26-7-1-2-16(26)11-24/h3,6,10,12,14-16,19H,1-2,4-5,7-9,25H2. The Hall–Kier alpha value is -2.53. The van der Waals surface area contributed by atoms with E-state index in [1.54, 1.807) is 9.80 Å². The van der Waals surface area contributed by atoms with E-state index in [1.807, 2.05) is 0 Å². The van der Waals surface area contributed by atoms with Crippen molar-refractivity contribution < 1.29 is 18.4 Å². The number of nitriles is 1. The first-order valence-electron chi connectivity index (χ1n) is 10.1.